The van der Waals surface area contributed by atoms with Crippen LogP contribution in [0, 0.1) is 0 Å². The van der Waals surface area contributed by atoms with E-state index in [9.17, 15) is 4.39 Å². The van der Waals surface area contributed by atoms with E-state index in [1.54, 1.807) is 13.0 Å². The SMILES string of the molecule is C=CCc1ccc(C=CCCCC(C)F)nn1. The Bertz CT molecular complexity index is 355. The molecule has 2 nitrogen and oxygen atoms in total. The number of allylic oxidation sites excluding steroid dienone is 2. The summed E-state index contributed by atoms with van der Waals surface area (Å²) in [4.78, 5) is 0. The average molecular weight is 234 g/mol. The predicted octanol–water partition coefficient (Wildman–Crippen LogP) is 3.75. The Morgan fingerprint density at radius 3 is 2.82 bits per heavy atom. The normalized spacial score (nSPS) is 12.8. The zero-order valence-electron chi connectivity index (χ0n) is 10.3. The van der Waals surface area contributed by atoms with Gasteiger partial charge < -0.3 is 0 Å². The second kappa shape index (κ2) is 7.71. The molecule has 0 saturated carbocycles. The van der Waals surface area contributed by atoms with Gasteiger partial charge in [0.05, 0.1) is 17.6 Å². The van der Waals surface area contributed by atoms with Crippen molar-refractivity contribution in [1.82, 2.24) is 10.2 Å². The van der Waals surface area contributed by atoms with Crippen molar-refractivity contribution in [1.29, 1.82) is 0 Å². The molecule has 3 heteroatoms. The standard InChI is InChI=1S/C14H19FN2/c1-3-7-13-10-11-14(17-16-13)9-6-4-5-8-12(2)15/h3,6,9-12H,1,4-5,7-8H2,2H3. The fourth-order valence-corrected chi connectivity index (χ4v) is 1.44. The number of rotatable bonds is 7. The van der Waals surface area contributed by atoms with E-state index in [-0.39, 0.29) is 0 Å². The summed E-state index contributed by atoms with van der Waals surface area (Å²) in [6, 6.07) is 3.87. The highest BCUT2D eigenvalue weighted by Gasteiger charge is 1.96. The maximum atomic E-state index is 12.5. The number of alkyl halides is 1. The van der Waals surface area contributed by atoms with Crippen molar-refractivity contribution in [2.45, 2.75) is 38.8 Å². The van der Waals surface area contributed by atoms with Gasteiger partial charge in [-0.25, -0.2) is 4.39 Å². The summed E-state index contributed by atoms with van der Waals surface area (Å²) in [5.41, 5.74) is 1.76. The molecule has 0 N–H and O–H groups in total. The molecule has 1 unspecified atom stereocenters. The van der Waals surface area contributed by atoms with Crippen LogP contribution in [0.4, 0.5) is 4.39 Å². The number of hydrogen-bond acceptors (Lipinski definition) is 2. The van der Waals surface area contributed by atoms with E-state index in [4.69, 9.17) is 0 Å². The Morgan fingerprint density at radius 1 is 1.41 bits per heavy atom. The van der Waals surface area contributed by atoms with Crippen molar-refractivity contribution in [3.8, 4) is 0 Å². The van der Waals surface area contributed by atoms with Crippen LogP contribution in [0.5, 0.6) is 0 Å². The molecule has 0 aromatic carbocycles. The first-order valence-corrected chi connectivity index (χ1v) is 5.96. The topological polar surface area (TPSA) is 25.8 Å². The highest BCUT2D eigenvalue weighted by Crippen LogP contribution is 2.06. The van der Waals surface area contributed by atoms with E-state index < -0.39 is 6.17 Å². The van der Waals surface area contributed by atoms with Gasteiger partial charge in [0, 0.05) is 6.42 Å². The van der Waals surface area contributed by atoms with Crippen LogP contribution in [0.3, 0.4) is 0 Å². The lowest BCUT2D eigenvalue weighted by Gasteiger charge is -1.98. The smallest absolute Gasteiger partial charge is 0.0973 e. The van der Waals surface area contributed by atoms with Gasteiger partial charge in [-0.15, -0.1) is 6.58 Å². The largest absolute Gasteiger partial charge is 0.248 e. The maximum Gasteiger partial charge on any atom is 0.0973 e. The molecular weight excluding hydrogens is 215 g/mol. The zero-order chi connectivity index (χ0) is 12.5. The number of halogens is 1. The molecule has 0 aliphatic carbocycles. The highest BCUT2D eigenvalue weighted by molar-refractivity contribution is 5.43. The predicted molar refractivity (Wildman–Crippen MR) is 69.4 cm³/mol. The zero-order valence-corrected chi connectivity index (χ0v) is 10.3. The van der Waals surface area contributed by atoms with Crippen molar-refractivity contribution in [3.63, 3.8) is 0 Å². The Morgan fingerprint density at radius 2 is 2.24 bits per heavy atom. The summed E-state index contributed by atoms with van der Waals surface area (Å²) in [7, 11) is 0. The Kier molecular flexibility index (Phi) is 6.15. The van der Waals surface area contributed by atoms with Crippen LogP contribution in [-0.2, 0) is 6.42 Å². The van der Waals surface area contributed by atoms with Crippen LogP contribution in [0.2, 0.25) is 0 Å². The molecule has 0 saturated heterocycles. The Hall–Kier alpha value is -1.51. The van der Waals surface area contributed by atoms with E-state index in [2.05, 4.69) is 16.8 Å². The van der Waals surface area contributed by atoms with Gasteiger partial charge in [0.25, 0.3) is 0 Å². The van der Waals surface area contributed by atoms with Crippen molar-refractivity contribution >= 4 is 6.08 Å². The van der Waals surface area contributed by atoms with Gasteiger partial charge in [-0.05, 0) is 44.4 Å². The van der Waals surface area contributed by atoms with Crippen molar-refractivity contribution in [2.75, 3.05) is 0 Å². The van der Waals surface area contributed by atoms with Crippen LogP contribution in [-0.4, -0.2) is 16.4 Å². The molecule has 0 aliphatic rings. The molecule has 1 rings (SSSR count). The summed E-state index contributed by atoms with van der Waals surface area (Å²) in [5.74, 6) is 0. The van der Waals surface area contributed by atoms with Crippen LogP contribution in [0.15, 0.2) is 30.9 Å². The van der Waals surface area contributed by atoms with Gasteiger partial charge in [0.1, 0.15) is 0 Å². The Balaban J connectivity index is 2.35. The van der Waals surface area contributed by atoms with Gasteiger partial charge in [0.2, 0.25) is 0 Å². The lowest BCUT2D eigenvalue weighted by Crippen LogP contribution is -1.92. The summed E-state index contributed by atoms with van der Waals surface area (Å²) in [6.45, 7) is 5.24. The quantitative estimate of drug-likeness (QED) is 0.530. The summed E-state index contributed by atoms with van der Waals surface area (Å²) < 4.78 is 12.5. The van der Waals surface area contributed by atoms with E-state index in [0.717, 1.165) is 30.7 Å². The molecule has 0 aliphatic heterocycles. The van der Waals surface area contributed by atoms with Gasteiger partial charge in [0.15, 0.2) is 0 Å². The molecule has 92 valence electrons. The number of nitrogens with zero attached hydrogens (tertiary/aromatic N) is 2. The molecule has 0 spiro atoms. The van der Waals surface area contributed by atoms with E-state index >= 15 is 0 Å². The fraction of sp³-hybridized carbons (Fsp3) is 0.429. The number of aromatic nitrogens is 2. The van der Waals surface area contributed by atoms with Crippen LogP contribution < -0.4 is 0 Å². The monoisotopic (exact) mass is 234 g/mol. The summed E-state index contributed by atoms with van der Waals surface area (Å²) in [5, 5.41) is 8.13. The first-order valence-electron chi connectivity index (χ1n) is 5.96. The maximum absolute atomic E-state index is 12.5. The molecule has 17 heavy (non-hydrogen) atoms. The fourth-order valence-electron chi connectivity index (χ4n) is 1.44. The molecule has 0 radical (unpaired) electrons. The molecule has 1 aromatic rings. The lowest BCUT2D eigenvalue weighted by molar-refractivity contribution is 0.335. The van der Waals surface area contributed by atoms with Gasteiger partial charge in [-0.3, -0.25) is 0 Å². The Labute approximate surface area is 102 Å². The summed E-state index contributed by atoms with van der Waals surface area (Å²) >= 11 is 0. The molecule has 1 atom stereocenters. The molecule has 1 aromatic heterocycles. The molecular formula is C14H19FN2. The number of unbranched alkanes of at least 4 members (excludes halogenated alkanes) is 1. The third kappa shape index (κ3) is 5.95. The molecule has 0 fully saturated rings. The van der Waals surface area contributed by atoms with Crippen molar-refractivity contribution in [3.05, 3.63) is 42.3 Å². The van der Waals surface area contributed by atoms with Crippen molar-refractivity contribution < 1.29 is 4.39 Å². The summed E-state index contributed by atoms with van der Waals surface area (Å²) in [6.07, 6.45) is 8.15. The van der Waals surface area contributed by atoms with Crippen LogP contribution in [0.25, 0.3) is 6.08 Å². The van der Waals surface area contributed by atoms with Crippen molar-refractivity contribution in [2.24, 2.45) is 0 Å². The first-order chi connectivity index (χ1) is 8.22. The van der Waals surface area contributed by atoms with Gasteiger partial charge >= 0.3 is 0 Å². The minimum absolute atomic E-state index is 0.619. The van der Waals surface area contributed by atoms with E-state index in [1.165, 1.54) is 0 Å². The third-order valence-electron chi connectivity index (χ3n) is 2.36. The molecule has 0 bridgehead atoms. The number of hydrogen-bond donors (Lipinski definition) is 0. The van der Waals surface area contributed by atoms with E-state index in [1.807, 2.05) is 24.3 Å². The lowest BCUT2D eigenvalue weighted by atomic mass is 10.2. The third-order valence-corrected chi connectivity index (χ3v) is 2.36. The molecule has 0 amide bonds. The van der Waals surface area contributed by atoms with Crippen LogP contribution in [0.1, 0.15) is 37.6 Å². The molecule has 1 heterocycles. The second-order valence-corrected chi connectivity index (χ2v) is 4.06. The van der Waals surface area contributed by atoms with Gasteiger partial charge in [-0.1, -0.05) is 12.2 Å². The minimum Gasteiger partial charge on any atom is -0.248 e. The highest BCUT2D eigenvalue weighted by atomic mass is 19.1. The van der Waals surface area contributed by atoms with E-state index in [0.29, 0.717) is 6.42 Å². The minimum atomic E-state index is -0.707. The second-order valence-electron chi connectivity index (χ2n) is 4.06. The van der Waals surface area contributed by atoms with Gasteiger partial charge in [-0.2, -0.15) is 10.2 Å². The van der Waals surface area contributed by atoms with Crippen LogP contribution >= 0.6 is 0 Å². The first kappa shape index (κ1) is 13.6. The average Bonchev–Trinajstić information content (AvgIpc) is 2.31.